The van der Waals surface area contributed by atoms with Crippen molar-refractivity contribution in [3.63, 3.8) is 0 Å². The Morgan fingerprint density at radius 3 is 2.52 bits per heavy atom. The van der Waals surface area contributed by atoms with Crippen LogP contribution in [0.3, 0.4) is 0 Å². The molecule has 0 spiro atoms. The highest BCUT2D eigenvalue weighted by atomic mass is 35.5. The van der Waals surface area contributed by atoms with E-state index in [9.17, 15) is 19.7 Å². The zero-order chi connectivity index (χ0) is 22.0. The minimum atomic E-state index is -0.576. The molecule has 2 aromatic carbocycles. The van der Waals surface area contributed by atoms with Gasteiger partial charge in [0.2, 0.25) is 0 Å². The van der Waals surface area contributed by atoms with Crippen LogP contribution < -0.4 is 5.32 Å². The molecule has 1 unspecified atom stereocenters. The fourth-order valence-corrected chi connectivity index (χ4v) is 4.53. The van der Waals surface area contributed by atoms with Crippen molar-refractivity contribution in [2.45, 2.75) is 25.3 Å². The number of likely N-dealkylation sites (tertiary alicyclic amines) is 2. The van der Waals surface area contributed by atoms with Gasteiger partial charge in [-0.3, -0.25) is 24.6 Å². The van der Waals surface area contributed by atoms with Gasteiger partial charge in [0.05, 0.1) is 26.8 Å². The van der Waals surface area contributed by atoms with E-state index in [0.29, 0.717) is 30.4 Å². The summed E-state index contributed by atoms with van der Waals surface area (Å²) in [6.45, 7) is 3.57. The molecule has 9 heteroatoms. The van der Waals surface area contributed by atoms with Crippen LogP contribution in [0, 0.1) is 10.1 Å². The van der Waals surface area contributed by atoms with Crippen LogP contribution in [0.1, 0.15) is 40.0 Å². The molecule has 31 heavy (non-hydrogen) atoms. The maximum atomic E-state index is 13.2. The molecule has 2 aliphatic rings. The lowest BCUT2D eigenvalue weighted by atomic mass is 10.1. The molecule has 162 valence electrons. The molecule has 8 nitrogen and oxygen atoms in total. The zero-order valence-corrected chi connectivity index (χ0v) is 17.7. The monoisotopic (exact) mass is 442 g/mol. The van der Waals surface area contributed by atoms with Crippen molar-refractivity contribution in [3.8, 4) is 0 Å². The molecule has 2 saturated heterocycles. The van der Waals surface area contributed by atoms with E-state index in [1.54, 1.807) is 24.3 Å². The summed E-state index contributed by atoms with van der Waals surface area (Å²) < 4.78 is 0. The van der Waals surface area contributed by atoms with Crippen LogP contribution in [0.25, 0.3) is 0 Å². The van der Waals surface area contributed by atoms with Crippen LogP contribution in [0.5, 0.6) is 0 Å². The van der Waals surface area contributed by atoms with Gasteiger partial charge in [-0.05, 0) is 50.6 Å². The van der Waals surface area contributed by atoms with Crippen LogP contribution in [0.2, 0.25) is 5.02 Å². The number of halogens is 1. The summed E-state index contributed by atoms with van der Waals surface area (Å²) >= 11 is 6.07. The summed E-state index contributed by atoms with van der Waals surface area (Å²) in [5, 5.41) is 13.6. The van der Waals surface area contributed by atoms with Gasteiger partial charge in [-0.15, -0.1) is 0 Å². The number of para-hydroxylation sites is 1. The molecule has 0 radical (unpaired) electrons. The number of nitro benzene ring substituents is 1. The van der Waals surface area contributed by atoms with Crippen LogP contribution in [-0.2, 0) is 0 Å². The molecule has 0 aromatic heterocycles. The van der Waals surface area contributed by atoms with E-state index in [1.165, 1.54) is 25.0 Å². The van der Waals surface area contributed by atoms with Crippen LogP contribution in [0.4, 0.5) is 11.4 Å². The van der Waals surface area contributed by atoms with Crippen LogP contribution in [0.15, 0.2) is 42.5 Å². The molecule has 1 N–H and O–H groups in total. The van der Waals surface area contributed by atoms with E-state index in [4.69, 9.17) is 11.6 Å². The van der Waals surface area contributed by atoms with Gasteiger partial charge in [-0.25, -0.2) is 0 Å². The Kier molecular flexibility index (Phi) is 6.20. The van der Waals surface area contributed by atoms with Crippen molar-refractivity contribution < 1.29 is 14.5 Å². The molecule has 0 saturated carbocycles. The Morgan fingerprint density at radius 1 is 1.06 bits per heavy atom. The molecule has 2 aliphatic heterocycles. The number of nitrogens with zero attached hydrogens (tertiary/aromatic N) is 3. The summed E-state index contributed by atoms with van der Waals surface area (Å²) in [7, 11) is 0. The van der Waals surface area contributed by atoms with Crippen LogP contribution in [-0.4, -0.2) is 58.8 Å². The van der Waals surface area contributed by atoms with Crippen molar-refractivity contribution in [2.24, 2.45) is 0 Å². The Balaban J connectivity index is 1.49. The Labute approximate surface area is 184 Å². The SMILES string of the molecule is O=C(Nc1ccccc1C(=O)N1CCC(N2CCCC2)C1)c1ccc([N+](=O)[O-])cc1Cl. The molecule has 2 amide bonds. The summed E-state index contributed by atoms with van der Waals surface area (Å²) in [5.74, 6) is -0.649. The molecular formula is C22H23ClN4O4. The second-order valence-electron chi connectivity index (χ2n) is 7.86. The summed E-state index contributed by atoms with van der Waals surface area (Å²) in [6.07, 6.45) is 3.38. The van der Waals surface area contributed by atoms with E-state index < -0.39 is 10.8 Å². The highest BCUT2D eigenvalue weighted by Crippen LogP contribution is 2.26. The third-order valence-electron chi connectivity index (χ3n) is 5.92. The predicted octanol–water partition coefficient (Wildman–Crippen LogP) is 3.81. The van der Waals surface area contributed by atoms with Crippen LogP contribution >= 0.6 is 11.6 Å². The maximum absolute atomic E-state index is 13.2. The average Bonchev–Trinajstić information content (AvgIpc) is 3.45. The number of nitrogens with one attached hydrogen (secondary N) is 1. The number of amides is 2. The second-order valence-corrected chi connectivity index (χ2v) is 8.26. The minimum absolute atomic E-state index is 0.0245. The first-order valence-corrected chi connectivity index (χ1v) is 10.7. The Bertz CT molecular complexity index is 1020. The topological polar surface area (TPSA) is 95.8 Å². The number of carbonyl (C=O) groups is 2. The number of benzene rings is 2. The van der Waals surface area contributed by atoms with Crippen molar-refractivity contribution in [2.75, 3.05) is 31.5 Å². The van der Waals surface area contributed by atoms with Gasteiger partial charge >= 0.3 is 0 Å². The highest BCUT2D eigenvalue weighted by Gasteiger charge is 2.32. The quantitative estimate of drug-likeness (QED) is 0.561. The molecule has 2 fully saturated rings. The van der Waals surface area contributed by atoms with Gasteiger partial charge in [0.1, 0.15) is 0 Å². The number of anilines is 1. The number of hydrogen-bond donors (Lipinski definition) is 1. The van der Waals surface area contributed by atoms with E-state index >= 15 is 0 Å². The van der Waals surface area contributed by atoms with Crippen molar-refractivity contribution in [1.29, 1.82) is 0 Å². The summed E-state index contributed by atoms with van der Waals surface area (Å²) in [4.78, 5) is 40.5. The summed E-state index contributed by atoms with van der Waals surface area (Å²) in [5.41, 5.74) is 0.705. The number of nitro groups is 1. The molecule has 1 atom stereocenters. The maximum Gasteiger partial charge on any atom is 0.270 e. The molecule has 2 heterocycles. The Morgan fingerprint density at radius 2 is 1.81 bits per heavy atom. The van der Waals surface area contributed by atoms with E-state index in [1.807, 2.05) is 4.90 Å². The first kappa shape index (κ1) is 21.3. The molecule has 0 bridgehead atoms. The minimum Gasteiger partial charge on any atom is -0.337 e. The predicted molar refractivity (Wildman–Crippen MR) is 118 cm³/mol. The van der Waals surface area contributed by atoms with Gasteiger partial charge in [0, 0.05) is 31.3 Å². The molecular weight excluding hydrogens is 420 g/mol. The number of carbonyl (C=O) groups excluding carboxylic acids is 2. The van der Waals surface area contributed by atoms with Crippen molar-refractivity contribution in [1.82, 2.24) is 9.80 Å². The Hall–Kier alpha value is -2.97. The van der Waals surface area contributed by atoms with Crippen molar-refractivity contribution in [3.05, 3.63) is 68.7 Å². The number of hydrogen-bond acceptors (Lipinski definition) is 5. The lowest BCUT2D eigenvalue weighted by Gasteiger charge is -2.24. The van der Waals surface area contributed by atoms with Gasteiger partial charge in [-0.1, -0.05) is 23.7 Å². The zero-order valence-electron chi connectivity index (χ0n) is 16.9. The van der Waals surface area contributed by atoms with E-state index in [-0.39, 0.29) is 22.2 Å². The highest BCUT2D eigenvalue weighted by molar-refractivity contribution is 6.34. The third-order valence-corrected chi connectivity index (χ3v) is 6.23. The standard InChI is InChI=1S/C22H23ClN4O4/c23-19-13-15(27(30)31)7-8-17(19)21(28)24-20-6-2-1-5-18(20)22(29)26-12-9-16(14-26)25-10-3-4-11-25/h1-2,5-8,13,16H,3-4,9-12,14H2,(H,24,28). The van der Waals surface area contributed by atoms with E-state index in [2.05, 4.69) is 10.2 Å². The first-order chi connectivity index (χ1) is 14.9. The van der Waals surface area contributed by atoms with Gasteiger partial charge in [-0.2, -0.15) is 0 Å². The second kappa shape index (κ2) is 9.03. The molecule has 4 rings (SSSR count). The lowest BCUT2D eigenvalue weighted by Crippen LogP contribution is -2.37. The average molecular weight is 443 g/mol. The van der Waals surface area contributed by atoms with Crippen molar-refractivity contribution >= 4 is 34.8 Å². The molecule has 2 aromatic rings. The van der Waals surface area contributed by atoms with E-state index in [0.717, 1.165) is 25.6 Å². The summed E-state index contributed by atoms with van der Waals surface area (Å²) in [6, 6.07) is 10.9. The smallest absolute Gasteiger partial charge is 0.270 e. The largest absolute Gasteiger partial charge is 0.337 e. The van der Waals surface area contributed by atoms with Gasteiger partial charge in [0.15, 0.2) is 0 Å². The normalized spacial score (nSPS) is 18.9. The third kappa shape index (κ3) is 4.55. The molecule has 0 aliphatic carbocycles. The first-order valence-electron chi connectivity index (χ1n) is 10.3. The van der Waals surface area contributed by atoms with Gasteiger partial charge < -0.3 is 10.2 Å². The number of rotatable bonds is 5. The lowest BCUT2D eigenvalue weighted by molar-refractivity contribution is -0.384. The fraction of sp³-hybridized carbons (Fsp3) is 0.364. The van der Waals surface area contributed by atoms with Gasteiger partial charge in [0.25, 0.3) is 17.5 Å². The number of non-ortho nitro benzene ring substituents is 1. The fourth-order valence-electron chi connectivity index (χ4n) is 4.27.